The second kappa shape index (κ2) is 6.81. The summed E-state index contributed by atoms with van der Waals surface area (Å²) in [5, 5.41) is 13.1. The molecule has 0 aromatic rings. The van der Waals surface area contributed by atoms with E-state index < -0.39 is 0 Å². The van der Waals surface area contributed by atoms with Crippen molar-refractivity contribution in [2.45, 2.75) is 45.3 Å². The van der Waals surface area contributed by atoms with Crippen LogP contribution in [0.3, 0.4) is 0 Å². The summed E-state index contributed by atoms with van der Waals surface area (Å²) in [6, 6.07) is -0.0566. The average Bonchev–Trinajstić information content (AvgIpc) is 2.29. The molecule has 0 saturated carbocycles. The van der Waals surface area contributed by atoms with E-state index in [-0.39, 0.29) is 12.1 Å². The Bertz CT molecular complexity index is 248. The van der Waals surface area contributed by atoms with Gasteiger partial charge in [0.25, 0.3) is 0 Å². The number of rotatable bonds is 5. The van der Waals surface area contributed by atoms with Crippen molar-refractivity contribution in [2.75, 3.05) is 19.6 Å². The lowest BCUT2D eigenvalue weighted by atomic mass is 9.89. The van der Waals surface area contributed by atoms with Crippen LogP contribution in [0.25, 0.3) is 0 Å². The smallest absolute Gasteiger partial charge is 0.314 e. The van der Waals surface area contributed by atoms with Crippen molar-refractivity contribution in [3.63, 3.8) is 0 Å². The number of likely N-dealkylation sites (N-methyl/N-ethyl adjacent to an activating group) is 1. The number of likely N-dealkylation sites (tertiary alicyclic amines) is 1. The quantitative estimate of drug-likeness (QED) is 0.659. The van der Waals surface area contributed by atoms with E-state index in [9.17, 15) is 9.90 Å². The largest absolute Gasteiger partial charge is 0.393 e. The number of urea groups is 1. The molecule has 4 N–H and O–H groups in total. The molecule has 5 nitrogen and oxygen atoms in total. The zero-order valence-electron chi connectivity index (χ0n) is 10.9. The minimum Gasteiger partial charge on any atom is -0.393 e. The van der Waals surface area contributed by atoms with Crippen molar-refractivity contribution >= 4 is 6.03 Å². The van der Waals surface area contributed by atoms with E-state index in [4.69, 9.17) is 5.73 Å². The highest BCUT2D eigenvalue weighted by Gasteiger charge is 2.29. The van der Waals surface area contributed by atoms with Crippen molar-refractivity contribution in [2.24, 2.45) is 11.7 Å². The van der Waals surface area contributed by atoms with Gasteiger partial charge in [-0.25, -0.2) is 4.79 Å². The Balaban J connectivity index is 2.55. The summed E-state index contributed by atoms with van der Waals surface area (Å²) < 4.78 is 0. The number of nitrogens with one attached hydrogen (secondary N) is 1. The van der Waals surface area contributed by atoms with Crippen LogP contribution < -0.4 is 11.1 Å². The summed E-state index contributed by atoms with van der Waals surface area (Å²) in [4.78, 5) is 12.9. The predicted octanol–water partition coefficient (Wildman–Crippen LogP) is 0.526. The number of nitrogens with zero attached hydrogens (tertiary/aromatic N) is 1. The number of aliphatic hydroxyl groups excluding tert-OH is 1. The first-order valence-electron chi connectivity index (χ1n) is 6.52. The lowest BCUT2D eigenvalue weighted by molar-refractivity contribution is 0.0960. The van der Waals surface area contributed by atoms with Crippen molar-refractivity contribution in [1.29, 1.82) is 0 Å². The molecule has 1 saturated heterocycles. The highest BCUT2D eigenvalue weighted by molar-refractivity contribution is 5.72. The maximum Gasteiger partial charge on any atom is 0.314 e. The maximum absolute atomic E-state index is 11.3. The van der Waals surface area contributed by atoms with Gasteiger partial charge < -0.3 is 21.1 Å². The summed E-state index contributed by atoms with van der Waals surface area (Å²) >= 11 is 0. The zero-order valence-corrected chi connectivity index (χ0v) is 10.9. The number of aliphatic hydroxyl groups is 1. The van der Waals surface area contributed by atoms with Gasteiger partial charge in [-0.05, 0) is 31.7 Å². The van der Waals surface area contributed by atoms with Crippen LogP contribution >= 0.6 is 0 Å². The van der Waals surface area contributed by atoms with Crippen LogP contribution in [0.15, 0.2) is 0 Å². The molecule has 0 aromatic heterocycles. The third-order valence-corrected chi connectivity index (χ3v) is 3.42. The molecule has 1 rings (SSSR count). The first-order valence-corrected chi connectivity index (χ1v) is 6.52. The van der Waals surface area contributed by atoms with E-state index in [1.807, 2.05) is 6.92 Å². The molecule has 1 aliphatic rings. The molecule has 0 aliphatic carbocycles. The SMILES string of the molecule is CCNC1CC(CC(O)CC)CN(C(N)=O)C1. The molecule has 3 atom stereocenters. The maximum atomic E-state index is 11.3. The molecular weight excluding hydrogens is 218 g/mol. The molecule has 5 heteroatoms. The fourth-order valence-corrected chi connectivity index (χ4v) is 2.54. The van der Waals surface area contributed by atoms with Gasteiger partial charge in [0, 0.05) is 19.1 Å². The average molecular weight is 243 g/mol. The standard InChI is InChI=1S/C12H25N3O2/c1-3-11(16)6-9-5-10(14-4-2)8-15(7-9)12(13)17/h9-11,14,16H,3-8H2,1-2H3,(H2,13,17). The second-order valence-corrected chi connectivity index (χ2v) is 4.90. The monoisotopic (exact) mass is 243 g/mol. The summed E-state index contributed by atoms with van der Waals surface area (Å²) in [5.41, 5.74) is 5.35. The van der Waals surface area contributed by atoms with Gasteiger partial charge in [-0.3, -0.25) is 0 Å². The summed E-state index contributed by atoms with van der Waals surface area (Å²) in [5.74, 6) is 0.343. The fraction of sp³-hybridized carbons (Fsp3) is 0.917. The normalized spacial score (nSPS) is 26.9. The van der Waals surface area contributed by atoms with Crippen molar-refractivity contribution in [3.05, 3.63) is 0 Å². The van der Waals surface area contributed by atoms with E-state index in [1.165, 1.54) is 0 Å². The lowest BCUT2D eigenvalue weighted by Gasteiger charge is -2.38. The molecule has 2 amide bonds. The molecule has 0 radical (unpaired) electrons. The Morgan fingerprint density at radius 1 is 1.53 bits per heavy atom. The van der Waals surface area contributed by atoms with Crippen molar-refractivity contribution in [1.82, 2.24) is 10.2 Å². The molecule has 1 heterocycles. The molecule has 1 fully saturated rings. The minimum absolute atomic E-state index is 0.268. The van der Waals surface area contributed by atoms with Crippen LogP contribution in [0, 0.1) is 5.92 Å². The molecule has 100 valence electrons. The number of primary amides is 1. The predicted molar refractivity (Wildman–Crippen MR) is 67.6 cm³/mol. The number of hydrogen-bond donors (Lipinski definition) is 3. The zero-order chi connectivity index (χ0) is 12.8. The van der Waals surface area contributed by atoms with Gasteiger partial charge in [0.15, 0.2) is 0 Å². The Labute approximate surface area is 103 Å². The molecule has 17 heavy (non-hydrogen) atoms. The molecule has 0 bridgehead atoms. The second-order valence-electron chi connectivity index (χ2n) is 4.90. The van der Waals surface area contributed by atoms with Crippen molar-refractivity contribution < 1.29 is 9.90 Å². The Kier molecular flexibility index (Phi) is 5.71. The Hall–Kier alpha value is -0.810. The van der Waals surface area contributed by atoms with Crippen LogP contribution in [-0.2, 0) is 0 Å². The first kappa shape index (κ1) is 14.3. The van der Waals surface area contributed by atoms with E-state index >= 15 is 0 Å². The van der Waals surface area contributed by atoms with Gasteiger partial charge in [0.1, 0.15) is 0 Å². The summed E-state index contributed by atoms with van der Waals surface area (Å²) in [7, 11) is 0. The molecular formula is C12H25N3O2. The highest BCUT2D eigenvalue weighted by Crippen LogP contribution is 2.22. The molecule has 0 spiro atoms. The van der Waals surface area contributed by atoms with Gasteiger partial charge >= 0.3 is 6.03 Å². The van der Waals surface area contributed by atoms with E-state index in [0.717, 1.165) is 25.8 Å². The number of carbonyl (C=O) groups is 1. The van der Waals surface area contributed by atoms with Gasteiger partial charge in [-0.2, -0.15) is 0 Å². The fourth-order valence-electron chi connectivity index (χ4n) is 2.54. The lowest BCUT2D eigenvalue weighted by Crippen LogP contribution is -2.53. The topological polar surface area (TPSA) is 78.6 Å². The van der Waals surface area contributed by atoms with Crippen molar-refractivity contribution in [3.8, 4) is 0 Å². The molecule has 0 aromatic carbocycles. The van der Waals surface area contributed by atoms with Gasteiger partial charge in [-0.15, -0.1) is 0 Å². The van der Waals surface area contributed by atoms with Crippen LogP contribution in [0.1, 0.15) is 33.1 Å². The number of piperidine rings is 1. The number of nitrogens with two attached hydrogens (primary N) is 1. The van der Waals surface area contributed by atoms with Gasteiger partial charge in [0.05, 0.1) is 6.10 Å². The first-order chi connectivity index (χ1) is 8.06. The number of carbonyl (C=O) groups excluding carboxylic acids is 1. The van der Waals surface area contributed by atoms with Gasteiger partial charge in [-0.1, -0.05) is 13.8 Å². The van der Waals surface area contributed by atoms with Crippen LogP contribution in [0.5, 0.6) is 0 Å². The molecule has 1 aliphatic heterocycles. The van der Waals surface area contributed by atoms with E-state index in [1.54, 1.807) is 4.90 Å². The Morgan fingerprint density at radius 3 is 2.76 bits per heavy atom. The van der Waals surface area contributed by atoms with Crippen LogP contribution in [0.2, 0.25) is 0 Å². The van der Waals surface area contributed by atoms with Crippen LogP contribution in [0.4, 0.5) is 4.79 Å². The summed E-state index contributed by atoms with van der Waals surface area (Å²) in [6.45, 7) is 6.27. The minimum atomic E-state index is -0.358. The number of hydrogen-bond acceptors (Lipinski definition) is 3. The summed E-state index contributed by atoms with van der Waals surface area (Å²) in [6.07, 6.45) is 2.26. The van der Waals surface area contributed by atoms with E-state index in [0.29, 0.717) is 25.0 Å². The van der Waals surface area contributed by atoms with Gasteiger partial charge in [0.2, 0.25) is 0 Å². The number of amides is 2. The third kappa shape index (κ3) is 4.52. The van der Waals surface area contributed by atoms with E-state index in [2.05, 4.69) is 12.2 Å². The van der Waals surface area contributed by atoms with Crippen LogP contribution in [-0.4, -0.2) is 47.8 Å². The molecule has 3 unspecified atom stereocenters. The third-order valence-electron chi connectivity index (χ3n) is 3.42. The highest BCUT2D eigenvalue weighted by atomic mass is 16.3. The Morgan fingerprint density at radius 2 is 2.24 bits per heavy atom.